The summed E-state index contributed by atoms with van der Waals surface area (Å²) in [7, 11) is 0. The lowest BCUT2D eigenvalue weighted by Crippen LogP contribution is -2.36. The SMILES string of the molecule is CCC(C)C(=O)N1CCOc2c(O)cc(-c3ccccc3C)cc2C1. The molecule has 3 rings (SSSR count). The Morgan fingerprint density at radius 2 is 2.08 bits per heavy atom. The van der Waals surface area contributed by atoms with Crippen LogP contribution in [-0.2, 0) is 11.3 Å². The third-order valence-electron chi connectivity index (χ3n) is 4.92. The van der Waals surface area contributed by atoms with Crippen molar-refractivity contribution in [3.63, 3.8) is 0 Å². The average molecular weight is 339 g/mol. The number of fused-ring (bicyclic) bond motifs is 1. The van der Waals surface area contributed by atoms with Crippen molar-refractivity contribution < 1.29 is 14.6 Å². The number of phenolic OH excluding ortho intramolecular Hbond substituents is 1. The highest BCUT2D eigenvalue weighted by Crippen LogP contribution is 2.38. The number of carbonyl (C=O) groups excluding carboxylic acids is 1. The molecule has 1 atom stereocenters. The topological polar surface area (TPSA) is 49.8 Å². The highest BCUT2D eigenvalue weighted by Gasteiger charge is 2.25. The van der Waals surface area contributed by atoms with E-state index in [0.717, 1.165) is 28.7 Å². The van der Waals surface area contributed by atoms with E-state index in [1.54, 1.807) is 6.07 Å². The van der Waals surface area contributed by atoms with E-state index in [0.29, 0.717) is 25.4 Å². The van der Waals surface area contributed by atoms with Gasteiger partial charge in [-0.05, 0) is 42.2 Å². The van der Waals surface area contributed by atoms with Crippen LogP contribution in [0.3, 0.4) is 0 Å². The number of carbonyl (C=O) groups is 1. The molecule has 1 amide bonds. The Hall–Kier alpha value is -2.49. The molecule has 4 nitrogen and oxygen atoms in total. The second kappa shape index (κ2) is 7.18. The number of aryl methyl sites for hydroxylation is 1. The lowest BCUT2D eigenvalue weighted by atomic mass is 9.97. The number of amides is 1. The molecule has 0 aromatic heterocycles. The van der Waals surface area contributed by atoms with Crippen LogP contribution in [0.1, 0.15) is 31.4 Å². The second-order valence-corrected chi connectivity index (χ2v) is 6.72. The molecule has 1 unspecified atom stereocenters. The van der Waals surface area contributed by atoms with Gasteiger partial charge in [0.15, 0.2) is 11.5 Å². The highest BCUT2D eigenvalue weighted by atomic mass is 16.5. The minimum Gasteiger partial charge on any atom is -0.504 e. The maximum Gasteiger partial charge on any atom is 0.225 e. The van der Waals surface area contributed by atoms with Crippen LogP contribution in [-0.4, -0.2) is 29.1 Å². The first-order valence-electron chi connectivity index (χ1n) is 8.84. The number of hydrogen-bond donors (Lipinski definition) is 1. The molecule has 1 N–H and O–H groups in total. The summed E-state index contributed by atoms with van der Waals surface area (Å²) in [5, 5.41) is 10.5. The van der Waals surface area contributed by atoms with Crippen molar-refractivity contribution in [2.45, 2.75) is 33.7 Å². The predicted octanol–water partition coefficient (Wildman–Crippen LogP) is 4.13. The van der Waals surface area contributed by atoms with Gasteiger partial charge in [0, 0.05) is 18.0 Å². The molecule has 2 aromatic rings. The van der Waals surface area contributed by atoms with Crippen molar-refractivity contribution in [1.82, 2.24) is 4.90 Å². The molecule has 0 radical (unpaired) electrons. The van der Waals surface area contributed by atoms with Crippen molar-refractivity contribution in [3.8, 4) is 22.6 Å². The molecule has 4 heteroatoms. The Bertz CT molecular complexity index is 785. The summed E-state index contributed by atoms with van der Waals surface area (Å²) >= 11 is 0. The summed E-state index contributed by atoms with van der Waals surface area (Å²) in [6.45, 7) is 7.42. The first-order chi connectivity index (χ1) is 12.0. The first-order valence-corrected chi connectivity index (χ1v) is 8.84. The Labute approximate surface area is 149 Å². The maximum absolute atomic E-state index is 12.6. The first kappa shape index (κ1) is 17.3. The van der Waals surface area contributed by atoms with E-state index in [-0.39, 0.29) is 17.6 Å². The fourth-order valence-corrected chi connectivity index (χ4v) is 3.23. The van der Waals surface area contributed by atoms with E-state index in [2.05, 4.69) is 0 Å². The number of phenols is 1. The van der Waals surface area contributed by atoms with E-state index in [1.165, 1.54) is 0 Å². The van der Waals surface area contributed by atoms with Crippen molar-refractivity contribution >= 4 is 5.91 Å². The zero-order valence-electron chi connectivity index (χ0n) is 15.1. The quantitative estimate of drug-likeness (QED) is 0.914. The smallest absolute Gasteiger partial charge is 0.225 e. The Morgan fingerprint density at radius 1 is 1.32 bits per heavy atom. The summed E-state index contributed by atoms with van der Waals surface area (Å²) < 4.78 is 5.75. The van der Waals surface area contributed by atoms with Gasteiger partial charge >= 0.3 is 0 Å². The largest absolute Gasteiger partial charge is 0.504 e. The molecule has 0 saturated carbocycles. The van der Waals surface area contributed by atoms with Crippen molar-refractivity contribution in [1.29, 1.82) is 0 Å². The summed E-state index contributed by atoms with van der Waals surface area (Å²) in [6.07, 6.45) is 0.817. The molecule has 132 valence electrons. The Kier molecular flexibility index (Phi) is 4.98. The van der Waals surface area contributed by atoms with E-state index >= 15 is 0 Å². The molecule has 0 aliphatic carbocycles. The number of nitrogens with zero attached hydrogens (tertiary/aromatic N) is 1. The summed E-state index contributed by atoms with van der Waals surface area (Å²) in [5.41, 5.74) is 4.01. The summed E-state index contributed by atoms with van der Waals surface area (Å²) in [6, 6.07) is 11.8. The fourth-order valence-electron chi connectivity index (χ4n) is 3.23. The molecule has 1 aliphatic heterocycles. The van der Waals surface area contributed by atoms with Gasteiger partial charge in [-0.1, -0.05) is 38.1 Å². The van der Waals surface area contributed by atoms with Crippen LogP contribution in [0.25, 0.3) is 11.1 Å². The molecule has 0 saturated heterocycles. The van der Waals surface area contributed by atoms with E-state index in [4.69, 9.17) is 4.74 Å². The number of ether oxygens (including phenoxy) is 1. The van der Waals surface area contributed by atoms with Crippen LogP contribution in [0, 0.1) is 12.8 Å². The van der Waals surface area contributed by atoms with Gasteiger partial charge in [-0.3, -0.25) is 4.79 Å². The molecular formula is C21H25NO3. The molecule has 2 aromatic carbocycles. The van der Waals surface area contributed by atoms with Crippen LogP contribution in [0.15, 0.2) is 36.4 Å². The number of hydrogen-bond acceptors (Lipinski definition) is 3. The Morgan fingerprint density at radius 3 is 2.80 bits per heavy atom. The summed E-state index contributed by atoms with van der Waals surface area (Å²) in [5.74, 6) is 0.764. The molecule has 1 heterocycles. The molecule has 0 fully saturated rings. The maximum atomic E-state index is 12.6. The Balaban J connectivity index is 1.99. The average Bonchev–Trinajstić information content (AvgIpc) is 2.83. The molecule has 1 aliphatic rings. The third kappa shape index (κ3) is 3.48. The molecule has 25 heavy (non-hydrogen) atoms. The number of rotatable bonds is 3. The second-order valence-electron chi connectivity index (χ2n) is 6.72. The van der Waals surface area contributed by atoms with Gasteiger partial charge < -0.3 is 14.7 Å². The van der Waals surface area contributed by atoms with Gasteiger partial charge in [-0.25, -0.2) is 0 Å². The van der Waals surface area contributed by atoms with Gasteiger partial charge in [0.1, 0.15) is 6.61 Å². The molecule has 0 spiro atoms. The zero-order valence-corrected chi connectivity index (χ0v) is 15.1. The van der Waals surface area contributed by atoms with Gasteiger partial charge in [-0.15, -0.1) is 0 Å². The third-order valence-corrected chi connectivity index (χ3v) is 4.92. The van der Waals surface area contributed by atoms with E-state index in [1.807, 2.05) is 56.0 Å². The van der Waals surface area contributed by atoms with Gasteiger partial charge in [-0.2, -0.15) is 0 Å². The zero-order chi connectivity index (χ0) is 18.0. The van der Waals surface area contributed by atoms with Crippen LogP contribution in [0.2, 0.25) is 0 Å². The monoisotopic (exact) mass is 339 g/mol. The molecular weight excluding hydrogens is 314 g/mol. The van der Waals surface area contributed by atoms with E-state index in [9.17, 15) is 9.90 Å². The fraction of sp³-hybridized carbons (Fsp3) is 0.381. The molecule has 0 bridgehead atoms. The van der Waals surface area contributed by atoms with Crippen LogP contribution in [0.4, 0.5) is 0 Å². The normalized spacial score (nSPS) is 15.1. The number of aromatic hydroxyl groups is 1. The lowest BCUT2D eigenvalue weighted by molar-refractivity contribution is -0.135. The van der Waals surface area contributed by atoms with Crippen molar-refractivity contribution in [3.05, 3.63) is 47.5 Å². The standard InChI is InChI=1S/C21H25NO3/c1-4-14(2)21(24)22-9-10-25-20-17(13-22)11-16(12-19(20)23)18-8-6-5-7-15(18)3/h5-8,11-12,14,23H,4,9-10,13H2,1-3H3. The van der Waals surface area contributed by atoms with Crippen LogP contribution < -0.4 is 4.74 Å². The minimum atomic E-state index is -0.00491. The summed E-state index contributed by atoms with van der Waals surface area (Å²) in [4.78, 5) is 14.4. The van der Waals surface area contributed by atoms with E-state index < -0.39 is 0 Å². The highest BCUT2D eigenvalue weighted by molar-refractivity contribution is 5.79. The van der Waals surface area contributed by atoms with Crippen molar-refractivity contribution in [2.75, 3.05) is 13.2 Å². The van der Waals surface area contributed by atoms with Gasteiger partial charge in [0.2, 0.25) is 5.91 Å². The lowest BCUT2D eigenvalue weighted by Gasteiger charge is -2.23. The van der Waals surface area contributed by atoms with Crippen LogP contribution >= 0.6 is 0 Å². The minimum absolute atomic E-state index is 0.00491. The van der Waals surface area contributed by atoms with Crippen molar-refractivity contribution in [2.24, 2.45) is 5.92 Å². The van der Waals surface area contributed by atoms with Gasteiger partial charge in [0.05, 0.1) is 6.54 Å². The van der Waals surface area contributed by atoms with Crippen LogP contribution in [0.5, 0.6) is 11.5 Å². The van der Waals surface area contributed by atoms with Gasteiger partial charge in [0.25, 0.3) is 0 Å². The number of benzene rings is 2. The predicted molar refractivity (Wildman–Crippen MR) is 98.6 cm³/mol.